The molecule has 0 amide bonds. The van der Waals surface area contributed by atoms with Crippen molar-refractivity contribution < 1.29 is 4.42 Å². The number of fused-ring (bicyclic) bond motifs is 1. The fourth-order valence-corrected chi connectivity index (χ4v) is 3.32. The summed E-state index contributed by atoms with van der Waals surface area (Å²) in [6.07, 6.45) is 1.73. The second kappa shape index (κ2) is 5.17. The highest BCUT2D eigenvalue weighted by atomic mass is 32.1. The van der Waals surface area contributed by atoms with Crippen molar-refractivity contribution >= 4 is 22.4 Å². The molecule has 3 heterocycles. The van der Waals surface area contributed by atoms with E-state index in [4.69, 9.17) is 4.42 Å². The molecule has 0 bridgehead atoms. The van der Waals surface area contributed by atoms with Gasteiger partial charge in [-0.15, -0.1) is 5.10 Å². The highest BCUT2D eigenvalue weighted by Gasteiger charge is 2.13. The van der Waals surface area contributed by atoms with Crippen LogP contribution in [-0.4, -0.2) is 14.6 Å². The van der Waals surface area contributed by atoms with Gasteiger partial charge in [0, 0.05) is 11.6 Å². The summed E-state index contributed by atoms with van der Waals surface area (Å²) in [6.45, 7) is 3.87. The van der Waals surface area contributed by atoms with E-state index in [1.54, 1.807) is 6.08 Å². The van der Waals surface area contributed by atoms with Crippen molar-refractivity contribution in [3.63, 3.8) is 0 Å². The third kappa shape index (κ3) is 2.37. The third-order valence-corrected chi connectivity index (χ3v) is 4.56. The normalized spacial score (nSPS) is 12.3. The smallest absolute Gasteiger partial charge is 0.291 e. The van der Waals surface area contributed by atoms with Gasteiger partial charge >= 0.3 is 0 Å². The van der Waals surface area contributed by atoms with Crippen molar-refractivity contribution in [1.82, 2.24) is 14.6 Å². The number of benzene rings is 1. The molecule has 4 aromatic rings. The first-order valence-electron chi connectivity index (χ1n) is 7.15. The Kier molecular flexibility index (Phi) is 3.12. The number of furan rings is 1. The van der Waals surface area contributed by atoms with E-state index >= 15 is 0 Å². The first kappa shape index (κ1) is 13.9. The zero-order chi connectivity index (χ0) is 16.0. The topological polar surface area (TPSA) is 60.4 Å². The fraction of sp³-hybridized carbons (Fsp3) is 0.118. The van der Waals surface area contributed by atoms with Gasteiger partial charge in [0.15, 0.2) is 5.82 Å². The molecule has 0 atom stereocenters. The Hall–Kier alpha value is -2.73. The zero-order valence-electron chi connectivity index (χ0n) is 12.6. The summed E-state index contributed by atoms with van der Waals surface area (Å²) in [7, 11) is 0. The molecule has 0 saturated carbocycles. The number of rotatable bonds is 2. The zero-order valence-corrected chi connectivity index (χ0v) is 13.4. The Morgan fingerprint density at radius 2 is 2.00 bits per heavy atom. The molecule has 0 aliphatic heterocycles. The minimum atomic E-state index is -0.175. The van der Waals surface area contributed by atoms with E-state index in [-0.39, 0.29) is 5.56 Å². The maximum atomic E-state index is 12.5. The monoisotopic (exact) mass is 323 g/mol. The lowest BCUT2D eigenvalue weighted by atomic mass is 10.1. The summed E-state index contributed by atoms with van der Waals surface area (Å²) in [5.74, 6) is 2.04. The Labute approximate surface area is 135 Å². The van der Waals surface area contributed by atoms with Crippen LogP contribution in [0.2, 0.25) is 0 Å². The van der Waals surface area contributed by atoms with Crippen molar-refractivity contribution in [3.05, 3.63) is 68.4 Å². The van der Waals surface area contributed by atoms with E-state index in [0.29, 0.717) is 21.1 Å². The lowest BCUT2D eigenvalue weighted by Gasteiger charge is -1.98. The first-order valence-corrected chi connectivity index (χ1v) is 7.97. The largest absolute Gasteiger partial charge is 0.462 e. The Morgan fingerprint density at radius 3 is 2.70 bits per heavy atom. The molecule has 6 heteroatoms. The number of hydrogen-bond donors (Lipinski definition) is 0. The molecular formula is C17H13N3O2S. The van der Waals surface area contributed by atoms with Crippen LogP contribution in [0.25, 0.3) is 22.4 Å². The molecule has 0 N–H and O–H groups in total. The van der Waals surface area contributed by atoms with Crippen molar-refractivity contribution in [2.45, 2.75) is 13.8 Å². The predicted molar refractivity (Wildman–Crippen MR) is 89.5 cm³/mol. The second-order valence-electron chi connectivity index (χ2n) is 5.31. The van der Waals surface area contributed by atoms with Crippen molar-refractivity contribution in [3.8, 4) is 11.4 Å². The molecule has 0 saturated heterocycles. The highest BCUT2D eigenvalue weighted by Crippen LogP contribution is 2.20. The van der Waals surface area contributed by atoms with Crippen LogP contribution < -0.4 is 10.1 Å². The van der Waals surface area contributed by atoms with E-state index in [2.05, 4.69) is 10.1 Å². The quantitative estimate of drug-likeness (QED) is 0.569. The van der Waals surface area contributed by atoms with Crippen LogP contribution in [-0.2, 0) is 0 Å². The SMILES string of the molecule is Cc1ccc(C=c2sc3nc(-c4ccccc4C)nn3c2=O)o1. The summed E-state index contributed by atoms with van der Waals surface area (Å²) in [6, 6.07) is 11.6. The first-order chi connectivity index (χ1) is 11.1. The van der Waals surface area contributed by atoms with Crippen LogP contribution in [0.5, 0.6) is 0 Å². The van der Waals surface area contributed by atoms with Crippen LogP contribution in [0.4, 0.5) is 0 Å². The van der Waals surface area contributed by atoms with E-state index in [0.717, 1.165) is 16.9 Å². The Morgan fingerprint density at radius 1 is 1.17 bits per heavy atom. The molecule has 3 aromatic heterocycles. The van der Waals surface area contributed by atoms with E-state index in [1.807, 2.05) is 50.2 Å². The predicted octanol–water partition coefficient (Wildman–Crippen LogP) is 2.58. The molecule has 0 radical (unpaired) electrons. The lowest BCUT2D eigenvalue weighted by Crippen LogP contribution is -2.23. The number of thiazole rings is 1. The second-order valence-corrected chi connectivity index (χ2v) is 6.32. The number of aryl methyl sites for hydroxylation is 2. The summed E-state index contributed by atoms with van der Waals surface area (Å²) < 4.78 is 7.40. The van der Waals surface area contributed by atoms with E-state index in [9.17, 15) is 4.79 Å². The van der Waals surface area contributed by atoms with Gasteiger partial charge in [-0.25, -0.2) is 0 Å². The van der Waals surface area contributed by atoms with Gasteiger partial charge in [0.2, 0.25) is 4.96 Å². The molecule has 0 aliphatic rings. The molecule has 0 aliphatic carbocycles. The van der Waals surface area contributed by atoms with Gasteiger partial charge < -0.3 is 4.42 Å². The standard InChI is InChI=1S/C17H13N3O2S/c1-10-5-3-4-6-13(10)15-18-17-20(19-15)16(21)14(23-17)9-12-8-7-11(2)22-12/h3-9H,1-2H3. The maximum Gasteiger partial charge on any atom is 0.291 e. The van der Waals surface area contributed by atoms with Gasteiger partial charge in [-0.3, -0.25) is 4.79 Å². The Balaban J connectivity index is 1.86. The van der Waals surface area contributed by atoms with E-state index in [1.165, 1.54) is 15.9 Å². The average Bonchev–Trinajstić information content (AvgIpc) is 3.19. The Bertz CT molecular complexity index is 1120. The highest BCUT2D eigenvalue weighted by molar-refractivity contribution is 7.15. The van der Waals surface area contributed by atoms with E-state index < -0.39 is 0 Å². The van der Waals surface area contributed by atoms with Gasteiger partial charge in [0.25, 0.3) is 5.56 Å². The van der Waals surface area contributed by atoms with Gasteiger partial charge in [0.05, 0.1) is 0 Å². The van der Waals surface area contributed by atoms with Gasteiger partial charge in [-0.2, -0.15) is 9.50 Å². The number of hydrogen-bond acceptors (Lipinski definition) is 5. The average molecular weight is 323 g/mol. The molecular weight excluding hydrogens is 310 g/mol. The van der Waals surface area contributed by atoms with Crippen LogP contribution in [0, 0.1) is 13.8 Å². The van der Waals surface area contributed by atoms with Gasteiger partial charge in [-0.1, -0.05) is 35.6 Å². The minimum Gasteiger partial charge on any atom is -0.462 e. The van der Waals surface area contributed by atoms with Gasteiger partial charge in [0.1, 0.15) is 16.1 Å². The molecule has 0 fully saturated rings. The summed E-state index contributed by atoms with van der Waals surface area (Å²) in [5.41, 5.74) is 1.84. The lowest BCUT2D eigenvalue weighted by molar-refractivity contribution is 0.525. The maximum absolute atomic E-state index is 12.5. The van der Waals surface area contributed by atoms with Crippen LogP contribution in [0.3, 0.4) is 0 Å². The molecule has 0 unspecified atom stereocenters. The summed E-state index contributed by atoms with van der Waals surface area (Å²) in [4.78, 5) is 17.5. The van der Waals surface area contributed by atoms with Crippen LogP contribution in [0.1, 0.15) is 17.1 Å². The fourth-order valence-electron chi connectivity index (χ4n) is 2.43. The number of aromatic nitrogens is 3. The number of nitrogens with zero attached hydrogens (tertiary/aromatic N) is 3. The molecule has 1 aromatic carbocycles. The molecule has 4 rings (SSSR count). The molecule has 114 valence electrons. The van der Waals surface area contributed by atoms with Gasteiger partial charge in [-0.05, 0) is 31.5 Å². The molecule has 0 spiro atoms. The van der Waals surface area contributed by atoms with Crippen molar-refractivity contribution in [2.75, 3.05) is 0 Å². The van der Waals surface area contributed by atoms with Crippen molar-refractivity contribution in [1.29, 1.82) is 0 Å². The molecule has 23 heavy (non-hydrogen) atoms. The van der Waals surface area contributed by atoms with Crippen LogP contribution >= 0.6 is 11.3 Å². The molecule has 5 nitrogen and oxygen atoms in total. The van der Waals surface area contributed by atoms with Crippen LogP contribution in [0.15, 0.2) is 45.6 Å². The third-order valence-electron chi connectivity index (χ3n) is 3.60. The summed E-state index contributed by atoms with van der Waals surface area (Å²) >= 11 is 1.31. The van der Waals surface area contributed by atoms with Crippen molar-refractivity contribution in [2.24, 2.45) is 0 Å². The summed E-state index contributed by atoms with van der Waals surface area (Å²) in [5, 5.41) is 4.36. The minimum absolute atomic E-state index is 0.175.